The monoisotopic (exact) mass is 761 g/mol. The van der Waals surface area contributed by atoms with E-state index in [1.807, 2.05) is 19.0 Å². The van der Waals surface area contributed by atoms with E-state index in [9.17, 15) is 14.4 Å². The number of ether oxygens (including phenoxy) is 2. The van der Waals surface area contributed by atoms with Crippen molar-refractivity contribution in [2.45, 2.75) is 207 Å². The van der Waals surface area contributed by atoms with Gasteiger partial charge in [-0.2, -0.15) is 0 Å². The normalized spacial score (nSPS) is 11.8. The smallest absolute Gasteiger partial charge is 0.307 e. The van der Waals surface area contributed by atoms with Crippen molar-refractivity contribution in [1.29, 1.82) is 0 Å². The fourth-order valence-corrected chi connectivity index (χ4v) is 6.86. The van der Waals surface area contributed by atoms with Crippen LogP contribution < -0.4 is 0 Å². The summed E-state index contributed by atoms with van der Waals surface area (Å²) >= 11 is 0. The van der Waals surface area contributed by atoms with Crippen LogP contribution in [-0.2, 0) is 23.9 Å². The van der Waals surface area contributed by atoms with E-state index in [1.165, 1.54) is 116 Å². The third-order valence-corrected chi connectivity index (χ3v) is 10.3. The van der Waals surface area contributed by atoms with Crippen LogP contribution >= 0.6 is 0 Å². The molecule has 0 fully saturated rings. The summed E-state index contributed by atoms with van der Waals surface area (Å²) in [6.45, 7) is 8.77. The molecule has 0 N–H and O–H groups in total. The summed E-state index contributed by atoms with van der Waals surface area (Å²) in [4.78, 5) is 42.4. The number of hydrogen-bond donors (Lipinski definition) is 0. The number of unbranched alkanes of at least 4 members (excludes halogenated alkanes) is 18. The number of carbonyl (C=O) groups excluding carboxylic acids is 3. The van der Waals surface area contributed by atoms with E-state index in [0.717, 1.165) is 57.9 Å². The van der Waals surface area contributed by atoms with Gasteiger partial charge in [-0.1, -0.05) is 154 Å². The summed E-state index contributed by atoms with van der Waals surface area (Å²) in [7, 11) is 4.06. The predicted octanol–water partition coefficient (Wildman–Crippen LogP) is 12.6. The average molecular weight is 761 g/mol. The maximum atomic E-state index is 13.1. The minimum atomic E-state index is -0.350. The molecule has 0 aromatic carbocycles. The van der Waals surface area contributed by atoms with E-state index in [4.69, 9.17) is 9.47 Å². The van der Waals surface area contributed by atoms with Gasteiger partial charge in [0.2, 0.25) is 5.91 Å². The Labute approximate surface area is 334 Å². The zero-order chi connectivity index (χ0) is 39.7. The highest BCUT2D eigenvalue weighted by molar-refractivity contribution is 5.77. The Balaban J connectivity index is 4.43. The van der Waals surface area contributed by atoms with Gasteiger partial charge in [-0.3, -0.25) is 14.4 Å². The molecule has 0 aliphatic rings. The maximum Gasteiger partial charge on any atom is 0.307 e. The molecule has 0 aliphatic carbocycles. The Morgan fingerprint density at radius 3 is 1.56 bits per heavy atom. The highest BCUT2D eigenvalue weighted by Gasteiger charge is 2.17. The quantitative estimate of drug-likeness (QED) is 0.0352. The van der Waals surface area contributed by atoms with E-state index >= 15 is 0 Å². The van der Waals surface area contributed by atoms with Gasteiger partial charge in [0.15, 0.2) is 0 Å². The van der Waals surface area contributed by atoms with Gasteiger partial charge in [-0.25, -0.2) is 0 Å². The minimum Gasteiger partial charge on any atom is -0.462 e. The van der Waals surface area contributed by atoms with Gasteiger partial charge in [0.05, 0.1) is 6.42 Å². The SMILES string of the molecule is CCCCC/C=C\C/C=C\CCCCCCCC(=O)N(CCCN(C)C)CCC(=O)OCCOC(=O)CC(CCCCCCCC)CCCCCCCC. The number of rotatable bonds is 40. The fraction of sp³-hybridized carbons (Fsp3) is 0.851. The zero-order valence-electron chi connectivity index (χ0n) is 36.4. The third-order valence-electron chi connectivity index (χ3n) is 10.3. The van der Waals surface area contributed by atoms with Crippen molar-refractivity contribution in [2.75, 3.05) is 46.9 Å². The molecule has 316 valence electrons. The minimum absolute atomic E-state index is 0.0602. The molecule has 0 aromatic heterocycles. The third kappa shape index (κ3) is 36.8. The van der Waals surface area contributed by atoms with Crippen LogP contribution in [0.4, 0.5) is 0 Å². The van der Waals surface area contributed by atoms with Crippen LogP contribution in [-0.4, -0.2) is 74.6 Å². The van der Waals surface area contributed by atoms with Gasteiger partial charge in [0.25, 0.3) is 0 Å². The summed E-state index contributed by atoms with van der Waals surface area (Å²) in [5, 5.41) is 0. The van der Waals surface area contributed by atoms with E-state index in [-0.39, 0.29) is 37.5 Å². The molecular formula is C47H88N2O5. The number of amides is 1. The first-order valence-corrected chi connectivity index (χ1v) is 22.9. The number of allylic oxidation sites excluding steroid dienone is 4. The largest absolute Gasteiger partial charge is 0.462 e. The molecule has 7 heteroatoms. The van der Waals surface area contributed by atoms with Crippen molar-refractivity contribution < 1.29 is 23.9 Å². The van der Waals surface area contributed by atoms with Gasteiger partial charge >= 0.3 is 11.9 Å². The molecule has 0 aliphatic heterocycles. The molecule has 0 saturated carbocycles. The highest BCUT2D eigenvalue weighted by Crippen LogP contribution is 2.23. The fourth-order valence-electron chi connectivity index (χ4n) is 6.86. The van der Waals surface area contributed by atoms with Gasteiger partial charge in [-0.15, -0.1) is 0 Å². The molecule has 0 saturated heterocycles. The Hall–Kier alpha value is -2.15. The van der Waals surface area contributed by atoms with Crippen molar-refractivity contribution in [3.8, 4) is 0 Å². The van der Waals surface area contributed by atoms with Crippen molar-refractivity contribution in [3.63, 3.8) is 0 Å². The molecule has 1 amide bonds. The molecule has 7 nitrogen and oxygen atoms in total. The van der Waals surface area contributed by atoms with E-state index < -0.39 is 0 Å². The van der Waals surface area contributed by atoms with Crippen LogP contribution in [0.25, 0.3) is 0 Å². The van der Waals surface area contributed by atoms with Gasteiger partial charge in [-0.05, 0) is 84.3 Å². The lowest BCUT2D eigenvalue weighted by Crippen LogP contribution is -2.35. The van der Waals surface area contributed by atoms with Crippen molar-refractivity contribution in [2.24, 2.45) is 5.92 Å². The lowest BCUT2D eigenvalue weighted by molar-refractivity contribution is -0.153. The Bertz CT molecular complexity index is 902. The van der Waals surface area contributed by atoms with Crippen LogP contribution in [0.1, 0.15) is 207 Å². The highest BCUT2D eigenvalue weighted by atomic mass is 16.6. The first-order valence-electron chi connectivity index (χ1n) is 22.9. The molecule has 0 rings (SSSR count). The second-order valence-corrected chi connectivity index (χ2v) is 15.9. The number of hydrogen-bond acceptors (Lipinski definition) is 6. The average Bonchev–Trinajstić information content (AvgIpc) is 3.15. The summed E-state index contributed by atoms with van der Waals surface area (Å²) in [5.41, 5.74) is 0. The summed E-state index contributed by atoms with van der Waals surface area (Å²) in [5.74, 6) is -0.0348. The summed E-state index contributed by atoms with van der Waals surface area (Å²) in [6.07, 6.45) is 41.2. The summed E-state index contributed by atoms with van der Waals surface area (Å²) in [6, 6.07) is 0. The second-order valence-electron chi connectivity index (χ2n) is 15.9. The lowest BCUT2D eigenvalue weighted by Gasteiger charge is -2.23. The molecule has 0 heterocycles. The zero-order valence-corrected chi connectivity index (χ0v) is 36.4. The van der Waals surface area contributed by atoms with E-state index in [1.54, 1.807) is 0 Å². The second kappa shape index (κ2) is 40.5. The van der Waals surface area contributed by atoms with E-state index in [2.05, 4.69) is 50.0 Å². The number of nitrogens with zero attached hydrogens (tertiary/aromatic N) is 2. The molecule has 0 spiro atoms. The Morgan fingerprint density at radius 1 is 0.500 bits per heavy atom. The van der Waals surface area contributed by atoms with E-state index in [0.29, 0.717) is 31.8 Å². The van der Waals surface area contributed by atoms with Gasteiger partial charge in [0, 0.05) is 25.9 Å². The molecule has 0 radical (unpaired) electrons. The molecule has 54 heavy (non-hydrogen) atoms. The van der Waals surface area contributed by atoms with Crippen molar-refractivity contribution in [3.05, 3.63) is 24.3 Å². The molecule has 0 atom stereocenters. The predicted molar refractivity (Wildman–Crippen MR) is 230 cm³/mol. The van der Waals surface area contributed by atoms with Crippen LogP contribution in [0.15, 0.2) is 24.3 Å². The number of carbonyl (C=O) groups is 3. The van der Waals surface area contributed by atoms with Crippen LogP contribution in [0.3, 0.4) is 0 Å². The lowest BCUT2D eigenvalue weighted by atomic mass is 9.91. The van der Waals surface area contributed by atoms with Crippen molar-refractivity contribution in [1.82, 2.24) is 9.80 Å². The van der Waals surface area contributed by atoms with Crippen molar-refractivity contribution >= 4 is 17.8 Å². The molecule has 0 unspecified atom stereocenters. The first kappa shape index (κ1) is 51.9. The molecule has 0 bridgehead atoms. The maximum absolute atomic E-state index is 13.1. The standard InChI is InChI=1S/C47H88N2O5/c1-6-9-12-15-18-19-20-21-22-23-24-25-26-29-32-36-45(50)49(39-33-38-48(4)5)40-37-46(51)53-41-42-54-47(52)43-44(34-30-27-16-13-10-7-2)35-31-28-17-14-11-8-3/h18-19,21-22,44H,6-17,20,23-43H2,1-5H3/b19-18-,22-21-. The van der Waals surface area contributed by atoms with Crippen LogP contribution in [0.2, 0.25) is 0 Å². The summed E-state index contributed by atoms with van der Waals surface area (Å²) < 4.78 is 10.9. The Morgan fingerprint density at radius 2 is 0.981 bits per heavy atom. The van der Waals surface area contributed by atoms with Gasteiger partial charge in [0.1, 0.15) is 13.2 Å². The topological polar surface area (TPSA) is 76.2 Å². The molecule has 0 aromatic rings. The van der Waals surface area contributed by atoms with Crippen LogP contribution in [0, 0.1) is 5.92 Å². The Kier molecular flexibility index (Phi) is 38.9. The van der Waals surface area contributed by atoms with Crippen LogP contribution in [0.5, 0.6) is 0 Å². The number of esters is 2. The molecular weight excluding hydrogens is 673 g/mol. The first-order chi connectivity index (χ1) is 26.3. The van der Waals surface area contributed by atoms with Gasteiger partial charge < -0.3 is 19.3 Å².